The predicted molar refractivity (Wildman–Crippen MR) is 130 cm³/mol. The summed E-state index contributed by atoms with van der Waals surface area (Å²) in [6.07, 6.45) is 0.399. The highest BCUT2D eigenvalue weighted by atomic mass is 16.5. The second kappa shape index (κ2) is 11.1. The van der Waals surface area contributed by atoms with E-state index in [9.17, 15) is 5.11 Å². The van der Waals surface area contributed by atoms with Crippen molar-refractivity contribution in [3.8, 4) is 17.1 Å². The standard InChI is InChI=1S/C24H36N6O3/c1-16-12-26-8-9-30(16)24-17(2)22(27-19-7-10-32-14-19)28-23(29-24)18-5-4-6-21(11-18)33-15-20(31)13-25-3/h4-6,11,16,19-20,25-26,31H,7-10,12-15H2,1-3H3,(H,27,28,29)/t16-,19?,20?/m1/s1. The van der Waals surface area contributed by atoms with Crippen molar-refractivity contribution in [2.24, 2.45) is 0 Å². The van der Waals surface area contributed by atoms with Gasteiger partial charge in [-0.05, 0) is 39.4 Å². The molecule has 4 rings (SSSR count). The van der Waals surface area contributed by atoms with Gasteiger partial charge in [-0.2, -0.15) is 0 Å². The van der Waals surface area contributed by atoms with Crippen molar-refractivity contribution in [2.75, 3.05) is 63.3 Å². The Labute approximate surface area is 195 Å². The summed E-state index contributed by atoms with van der Waals surface area (Å²) < 4.78 is 11.4. The molecule has 9 heteroatoms. The first kappa shape index (κ1) is 23.7. The van der Waals surface area contributed by atoms with Gasteiger partial charge in [-0.25, -0.2) is 9.97 Å². The number of hydrogen-bond donors (Lipinski definition) is 4. The molecular formula is C24H36N6O3. The van der Waals surface area contributed by atoms with Crippen LogP contribution >= 0.6 is 0 Å². The number of likely N-dealkylation sites (N-methyl/N-ethyl adjacent to an activating group) is 1. The Hall–Kier alpha value is -2.46. The van der Waals surface area contributed by atoms with E-state index in [1.54, 1.807) is 7.05 Å². The van der Waals surface area contributed by atoms with Crippen molar-refractivity contribution in [3.05, 3.63) is 29.8 Å². The molecule has 0 bridgehead atoms. The zero-order valence-electron chi connectivity index (χ0n) is 19.8. The van der Waals surface area contributed by atoms with Crippen molar-refractivity contribution >= 4 is 11.6 Å². The minimum Gasteiger partial charge on any atom is -0.491 e. The van der Waals surface area contributed by atoms with E-state index in [0.717, 1.165) is 55.4 Å². The highest BCUT2D eigenvalue weighted by Gasteiger charge is 2.25. The van der Waals surface area contributed by atoms with Crippen molar-refractivity contribution in [3.63, 3.8) is 0 Å². The van der Waals surface area contributed by atoms with Gasteiger partial charge >= 0.3 is 0 Å². The third-order valence-electron chi connectivity index (χ3n) is 6.14. The molecule has 2 aliphatic heterocycles. The van der Waals surface area contributed by atoms with Crippen LogP contribution in [0.4, 0.5) is 11.6 Å². The smallest absolute Gasteiger partial charge is 0.164 e. The predicted octanol–water partition coefficient (Wildman–Crippen LogP) is 1.41. The molecule has 33 heavy (non-hydrogen) atoms. The van der Waals surface area contributed by atoms with Gasteiger partial charge in [0.15, 0.2) is 5.82 Å². The molecule has 180 valence electrons. The summed E-state index contributed by atoms with van der Waals surface area (Å²) in [6, 6.07) is 8.34. The molecular weight excluding hydrogens is 420 g/mol. The molecule has 0 radical (unpaired) electrons. The number of aliphatic hydroxyl groups is 1. The van der Waals surface area contributed by atoms with E-state index in [0.29, 0.717) is 30.8 Å². The Bertz CT molecular complexity index is 921. The van der Waals surface area contributed by atoms with Gasteiger partial charge in [-0.3, -0.25) is 0 Å². The molecule has 3 heterocycles. The lowest BCUT2D eigenvalue weighted by Crippen LogP contribution is -2.50. The second-order valence-corrected chi connectivity index (χ2v) is 8.85. The van der Waals surface area contributed by atoms with Crippen LogP contribution in [0.25, 0.3) is 11.4 Å². The fourth-order valence-corrected chi connectivity index (χ4v) is 4.26. The summed E-state index contributed by atoms with van der Waals surface area (Å²) in [7, 11) is 1.80. The number of aromatic nitrogens is 2. The van der Waals surface area contributed by atoms with Crippen LogP contribution < -0.4 is 25.6 Å². The van der Waals surface area contributed by atoms with Crippen molar-refractivity contribution in [2.45, 2.75) is 38.5 Å². The monoisotopic (exact) mass is 456 g/mol. The number of piperazine rings is 1. The van der Waals surface area contributed by atoms with Gasteiger partial charge in [0.2, 0.25) is 0 Å². The number of rotatable bonds is 9. The molecule has 3 atom stereocenters. The number of nitrogens with one attached hydrogen (secondary N) is 3. The van der Waals surface area contributed by atoms with E-state index < -0.39 is 6.10 Å². The summed E-state index contributed by atoms with van der Waals surface area (Å²) in [4.78, 5) is 12.3. The lowest BCUT2D eigenvalue weighted by atomic mass is 10.1. The highest BCUT2D eigenvalue weighted by molar-refractivity contribution is 5.67. The average molecular weight is 457 g/mol. The van der Waals surface area contributed by atoms with Gasteiger partial charge in [-0.1, -0.05) is 12.1 Å². The van der Waals surface area contributed by atoms with Crippen LogP contribution in [0.3, 0.4) is 0 Å². The van der Waals surface area contributed by atoms with Gasteiger partial charge < -0.3 is 35.4 Å². The molecule has 1 aromatic carbocycles. The number of hydrogen-bond acceptors (Lipinski definition) is 9. The summed E-state index contributed by atoms with van der Waals surface area (Å²) in [5.74, 6) is 3.16. The van der Waals surface area contributed by atoms with Gasteiger partial charge in [0.1, 0.15) is 30.1 Å². The molecule has 0 amide bonds. The Kier molecular flexibility index (Phi) is 7.97. The molecule has 0 spiro atoms. The number of nitrogens with zero attached hydrogens (tertiary/aromatic N) is 3. The zero-order chi connectivity index (χ0) is 23.2. The van der Waals surface area contributed by atoms with Crippen molar-refractivity contribution < 1.29 is 14.6 Å². The lowest BCUT2D eigenvalue weighted by Gasteiger charge is -2.36. The van der Waals surface area contributed by atoms with Gasteiger partial charge in [-0.15, -0.1) is 0 Å². The average Bonchev–Trinajstić information content (AvgIpc) is 3.33. The summed E-state index contributed by atoms with van der Waals surface area (Å²) >= 11 is 0. The Morgan fingerprint density at radius 2 is 2.24 bits per heavy atom. The molecule has 4 N–H and O–H groups in total. The minimum absolute atomic E-state index is 0.219. The number of benzene rings is 1. The lowest BCUT2D eigenvalue weighted by molar-refractivity contribution is 0.108. The number of ether oxygens (including phenoxy) is 2. The summed E-state index contributed by atoms with van der Waals surface area (Å²) in [6.45, 7) is 9.23. The largest absolute Gasteiger partial charge is 0.491 e. The summed E-state index contributed by atoms with van der Waals surface area (Å²) in [5, 5.41) is 20.0. The third kappa shape index (κ3) is 5.92. The van der Waals surface area contributed by atoms with Gasteiger partial charge in [0.25, 0.3) is 0 Å². The van der Waals surface area contributed by atoms with Crippen molar-refractivity contribution in [1.82, 2.24) is 20.6 Å². The molecule has 9 nitrogen and oxygen atoms in total. The highest BCUT2D eigenvalue weighted by Crippen LogP contribution is 2.31. The van der Waals surface area contributed by atoms with E-state index in [4.69, 9.17) is 19.4 Å². The molecule has 1 aromatic heterocycles. The van der Waals surface area contributed by atoms with Crippen LogP contribution in [0.2, 0.25) is 0 Å². The number of anilines is 2. The Balaban J connectivity index is 1.65. The Morgan fingerprint density at radius 1 is 1.36 bits per heavy atom. The normalized spacial score (nSPS) is 21.8. The first-order valence-electron chi connectivity index (χ1n) is 11.8. The molecule has 2 saturated heterocycles. The van der Waals surface area contributed by atoms with E-state index in [1.807, 2.05) is 24.3 Å². The topological polar surface area (TPSA) is 104 Å². The molecule has 0 aliphatic carbocycles. The van der Waals surface area contributed by atoms with Gasteiger partial charge in [0, 0.05) is 50.0 Å². The van der Waals surface area contributed by atoms with Crippen LogP contribution in [0.1, 0.15) is 18.9 Å². The molecule has 2 aromatic rings. The molecule has 0 saturated carbocycles. The quantitative estimate of drug-likeness (QED) is 0.446. The fraction of sp³-hybridized carbons (Fsp3) is 0.583. The van der Waals surface area contributed by atoms with Crippen LogP contribution in [0.15, 0.2) is 24.3 Å². The van der Waals surface area contributed by atoms with Gasteiger partial charge in [0.05, 0.1) is 12.6 Å². The van der Waals surface area contributed by atoms with Crippen LogP contribution in [-0.4, -0.2) is 86.3 Å². The first-order valence-corrected chi connectivity index (χ1v) is 11.8. The Morgan fingerprint density at radius 3 is 3.00 bits per heavy atom. The van der Waals surface area contributed by atoms with E-state index in [2.05, 4.69) is 34.7 Å². The van der Waals surface area contributed by atoms with E-state index in [1.165, 1.54) is 0 Å². The number of aliphatic hydroxyl groups excluding tert-OH is 1. The van der Waals surface area contributed by atoms with E-state index in [-0.39, 0.29) is 12.6 Å². The molecule has 2 fully saturated rings. The minimum atomic E-state index is -0.570. The molecule has 2 unspecified atom stereocenters. The first-order chi connectivity index (χ1) is 16.0. The third-order valence-corrected chi connectivity index (χ3v) is 6.14. The summed E-state index contributed by atoms with van der Waals surface area (Å²) in [5.41, 5.74) is 1.94. The zero-order valence-corrected chi connectivity index (χ0v) is 19.8. The van der Waals surface area contributed by atoms with Crippen LogP contribution in [0.5, 0.6) is 5.75 Å². The SMILES string of the molecule is CNCC(O)COc1cccc(-c2nc(NC3CCOC3)c(C)c(N3CCNC[C@H]3C)n2)c1. The second-order valence-electron chi connectivity index (χ2n) is 8.85. The maximum Gasteiger partial charge on any atom is 0.164 e. The maximum absolute atomic E-state index is 9.96. The van der Waals surface area contributed by atoms with Crippen molar-refractivity contribution in [1.29, 1.82) is 0 Å². The molecule has 2 aliphatic rings. The fourth-order valence-electron chi connectivity index (χ4n) is 4.26. The van der Waals surface area contributed by atoms with Crippen LogP contribution in [0, 0.1) is 6.92 Å². The van der Waals surface area contributed by atoms with Crippen LogP contribution in [-0.2, 0) is 4.74 Å². The maximum atomic E-state index is 9.96. The van der Waals surface area contributed by atoms with E-state index >= 15 is 0 Å².